The largest absolute Gasteiger partial charge is 0.351 e. The van der Waals surface area contributed by atoms with Crippen LogP contribution >= 0.6 is 0 Å². The topological polar surface area (TPSA) is 54.6 Å². The van der Waals surface area contributed by atoms with Crippen molar-refractivity contribution >= 4 is 16.8 Å². The molecular formula is C23H31N5O. The van der Waals surface area contributed by atoms with Gasteiger partial charge in [0.1, 0.15) is 5.69 Å². The Morgan fingerprint density at radius 3 is 2.83 bits per heavy atom. The van der Waals surface area contributed by atoms with Crippen LogP contribution < -0.4 is 5.43 Å². The number of hydrogen-bond acceptors (Lipinski definition) is 4. The summed E-state index contributed by atoms with van der Waals surface area (Å²) >= 11 is 0. The quantitative estimate of drug-likeness (QED) is 0.823. The SMILES string of the molecule is CCN1CC2C3CN(C(=O)c4cc5ccccc5[nH]4)CCC3NN2CCC12CC2. The summed E-state index contributed by atoms with van der Waals surface area (Å²) in [5, 5.41) is 3.64. The fourth-order valence-corrected chi connectivity index (χ4v) is 6.16. The van der Waals surface area contributed by atoms with Crippen molar-refractivity contribution < 1.29 is 4.79 Å². The molecule has 1 aliphatic carbocycles. The fourth-order valence-electron chi connectivity index (χ4n) is 6.16. The number of H-pyrrole nitrogens is 1. The van der Waals surface area contributed by atoms with E-state index in [2.05, 4.69) is 38.2 Å². The average Bonchev–Trinajstić information content (AvgIpc) is 3.32. The Bertz CT molecular complexity index is 901. The zero-order valence-corrected chi connectivity index (χ0v) is 17.2. The van der Waals surface area contributed by atoms with Gasteiger partial charge in [-0.2, -0.15) is 0 Å². The van der Waals surface area contributed by atoms with Crippen molar-refractivity contribution in [2.75, 3.05) is 32.7 Å². The van der Waals surface area contributed by atoms with Crippen LogP contribution in [0.15, 0.2) is 30.3 Å². The number of amides is 1. The molecule has 6 rings (SSSR count). The van der Waals surface area contributed by atoms with Crippen molar-refractivity contribution in [1.29, 1.82) is 0 Å². The fraction of sp³-hybridized carbons (Fsp3) is 0.609. The Morgan fingerprint density at radius 1 is 1.17 bits per heavy atom. The number of nitrogens with zero attached hydrogens (tertiary/aromatic N) is 3. The highest BCUT2D eigenvalue weighted by Gasteiger charge is 2.54. The van der Waals surface area contributed by atoms with Gasteiger partial charge in [-0.15, -0.1) is 0 Å². The Kier molecular flexibility index (Phi) is 4.05. The highest BCUT2D eigenvalue weighted by Crippen LogP contribution is 2.47. The molecule has 3 saturated heterocycles. The number of likely N-dealkylation sites (N-methyl/N-ethyl adjacent to an activating group) is 1. The first-order valence-electron chi connectivity index (χ1n) is 11.3. The number of rotatable bonds is 2. The molecule has 2 aromatic rings. The third kappa shape index (κ3) is 2.84. The summed E-state index contributed by atoms with van der Waals surface area (Å²) in [4.78, 5) is 21.4. The Hall–Kier alpha value is -1.89. The first kappa shape index (κ1) is 17.9. The molecule has 29 heavy (non-hydrogen) atoms. The summed E-state index contributed by atoms with van der Waals surface area (Å²) in [6, 6.07) is 11.2. The van der Waals surface area contributed by atoms with Crippen molar-refractivity contribution in [3.63, 3.8) is 0 Å². The van der Waals surface area contributed by atoms with Crippen LogP contribution in [-0.2, 0) is 0 Å². The Labute approximate surface area is 172 Å². The molecule has 0 radical (unpaired) electrons. The smallest absolute Gasteiger partial charge is 0.270 e. The van der Waals surface area contributed by atoms with Crippen LogP contribution in [0.4, 0.5) is 0 Å². The standard InChI is InChI=1S/C23H31N5O/c1-2-27-15-21-17-14-26(22(29)20-13-16-5-3-4-6-18(16)24-20)11-7-19(17)25-28(21)12-10-23(27)8-9-23/h3-6,13,17,19,21,24-25H,2,7-12,14-15H2,1H3. The van der Waals surface area contributed by atoms with Crippen LogP contribution in [-0.4, -0.2) is 76.0 Å². The molecule has 1 aromatic heterocycles. The van der Waals surface area contributed by atoms with Crippen molar-refractivity contribution in [2.45, 2.75) is 50.2 Å². The van der Waals surface area contributed by atoms with Crippen LogP contribution in [0.5, 0.6) is 0 Å². The second-order valence-electron chi connectivity index (χ2n) is 9.48. The van der Waals surface area contributed by atoms with E-state index in [0.717, 1.165) is 55.7 Å². The molecule has 4 heterocycles. The van der Waals surface area contributed by atoms with Crippen molar-refractivity contribution in [3.05, 3.63) is 36.0 Å². The maximum Gasteiger partial charge on any atom is 0.270 e. The highest BCUT2D eigenvalue weighted by molar-refractivity contribution is 5.98. The molecule has 1 amide bonds. The number of likely N-dealkylation sites (tertiary alicyclic amines) is 1. The van der Waals surface area contributed by atoms with Gasteiger partial charge in [0.15, 0.2) is 0 Å². The van der Waals surface area contributed by atoms with Gasteiger partial charge in [0.2, 0.25) is 0 Å². The maximum absolute atomic E-state index is 13.3. The summed E-state index contributed by atoms with van der Waals surface area (Å²) in [5.74, 6) is 0.665. The number of hydrogen-bond donors (Lipinski definition) is 2. The molecule has 1 aromatic carbocycles. The molecular weight excluding hydrogens is 362 g/mol. The van der Waals surface area contributed by atoms with Crippen LogP contribution in [0.1, 0.15) is 43.1 Å². The van der Waals surface area contributed by atoms with Gasteiger partial charge in [-0.1, -0.05) is 25.1 Å². The third-order valence-electron chi connectivity index (χ3n) is 8.04. The van der Waals surface area contributed by atoms with Crippen LogP contribution in [0.2, 0.25) is 0 Å². The Balaban J connectivity index is 1.22. The lowest BCUT2D eigenvalue weighted by atomic mass is 9.87. The zero-order chi connectivity index (χ0) is 19.6. The molecule has 4 aliphatic rings. The number of aromatic amines is 1. The molecule has 3 aliphatic heterocycles. The molecule has 3 atom stereocenters. The van der Waals surface area contributed by atoms with E-state index in [1.54, 1.807) is 0 Å². The van der Waals surface area contributed by atoms with Crippen LogP contribution in [0.25, 0.3) is 10.9 Å². The lowest BCUT2D eigenvalue weighted by Crippen LogP contribution is -2.51. The lowest BCUT2D eigenvalue weighted by Gasteiger charge is -2.38. The maximum atomic E-state index is 13.3. The van der Waals surface area contributed by atoms with Gasteiger partial charge in [0.05, 0.1) is 0 Å². The van der Waals surface area contributed by atoms with Crippen molar-refractivity contribution in [1.82, 2.24) is 25.2 Å². The molecule has 6 nitrogen and oxygen atoms in total. The van der Waals surface area contributed by atoms with E-state index < -0.39 is 0 Å². The predicted molar refractivity (Wildman–Crippen MR) is 114 cm³/mol. The number of nitrogens with one attached hydrogen (secondary N) is 2. The van der Waals surface area contributed by atoms with Gasteiger partial charge < -0.3 is 9.88 Å². The van der Waals surface area contributed by atoms with Crippen molar-refractivity contribution in [3.8, 4) is 0 Å². The van der Waals surface area contributed by atoms with E-state index in [1.807, 2.05) is 24.3 Å². The van der Waals surface area contributed by atoms with Crippen LogP contribution in [0, 0.1) is 5.92 Å². The van der Waals surface area contributed by atoms with Gasteiger partial charge in [-0.25, -0.2) is 5.01 Å². The summed E-state index contributed by atoms with van der Waals surface area (Å²) in [6.07, 6.45) is 5.05. The van der Waals surface area contributed by atoms with Crippen LogP contribution in [0.3, 0.4) is 0 Å². The summed E-state index contributed by atoms with van der Waals surface area (Å²) < 4.78 is 0. The normalized spacial score (nSPS) is 31.6. The number of benzene rings is 1. The first-order chi connectivity index (χ1) is 14.2. The molecule has 2 N–H and O–H groups in total. The molecule has 1 saturated carbocycles. The molecule has 4 fully saturated rings. The highest BCUT2D eigenvalue weighted by atomic mass is 16.2. The number of carbonyl (C=O) groups is 1. The predicted octanol–water partition coefficient (Wildman–Crippen LogP) is 2.45. The minimum absolute atomic E-state index is 0.151. The average molecular weight is 394 g/mol. The minimum Gasteiger partial charge on any atom is -0.351 e. The van der Waals surface area contributed by atoms with Crippen molar-refractivity contribution in [2.24, 2.45) is 5.92 Å². The minimum atomic E-state index is 0.151. The summed E-state index contributed by atoms with van der Waals surface area (Å²) in [7, 11) is 0. The number of piperidine rings is 1. The first-order valence-corrected chi connectivity index (χ1v) is 11.3. The van der Waals surface area contributed by atoms with E-state index in [1.165, 1.54) is 19.3 Å². The van der Waals surface area contributed by atoms with E-state index in [9.17, 15) is 4.79 Å². The van der Waals surface area contributed by atoms with Gasteiger partial charge in [-0.3, -0.25) is 15.1 Å². The lowest BCUT2D eigenvalue weighted by molar-refractivity contribution is 0.0625. The second kappa shape index (κ2) is 6.56. The molecule has 3 unspecified atom stereocenters. The van der Waals surface area contributed by atoms with Gasteiger partial charge in [0.25, 0.3) is 5.91 Å². The molecule has 6 heteroatoms. The second-order valence-corrected chi connectivity index (χ2v) is 9.48. The number of hydrazine groups is 1. The van der Waals surface area contributed by atoms with E-state index in [4.69, 9.17) is 0 Å². The molecule has 154 valence electrons. The monoisotopic (exact) mass is 393 g/mol. The van der Waals surface area contributed by atoms with E-state index in [-0.39, 0.29) is 5.91 Å². The number of carbonyl (C=O) groups excluding carboxylic acids is 1. The van der Waals surface area contributed by atoms with Gasteiger partial charge in [-0.05, 0) is 44.4 Å². The number of aromatic nitrogens is 1. The number of fused-ring (bicyclic) bond motifs is 4. The molecule has 0 bridgehead atoms. The summed E-state index contributed by atoms with van der Waals surface area (Å²) in [6.45, 7) is 7.42. The van der Waals surface area contributed by atoms with Gasteiger partial charge in [0, 0.05) is 60.6 Å². The van der Waals surface area contributed by atoms with Gasteiger partial charge >= 0.3 is 0 Å². The number of para-hydroxylation sites is 1. The third-order valence-corrected chi connectivity index (χ3v) is 8.04. The Morgan fingerprint density at radius 2 is 2.03 bits per heavy atom. The molecule has 1 spiro atoms. The van der Waals surface area contributed by atoms with E-state index >= 15 is 0 Å². The van der Waals surface area contributed by atoms with E-state index in [0.29, 0.717) is 23.5 Å². The zero-order valence-electron chi connectivity index (χ0n) is 17.2. The summed E-state index contributed by atoms with van der Waals surface area (Å²) in [5.41, 5.74) is 6.06.